The third kappa shape index (κ3) is 5.91. The first-order valence-electron chi connectivity index (χ1n) is 9.78. The topological polar surface area (TPSA) is 136 Å². The highest BCUT2D eigenvalue weighted by molar-refractivity contribution is 5.99. The fraction of sp³-hybridized carbons (Fsp3) is 0.381. The van der Waals surface area contributed by atoms with E-state index in [0.29, 0.717) is 12.8 Å². The molecule has 0 amide bonds. The highest BCUT2D eigenvalue weighted by Crippen LogP contribution is 2.40. The molecule has 0 aliphatic carbocycles. The molecule has 0 aromatic heterocycles. The minimum atomic E-state index is -1.20. The summed E-state index contributed by atoms with van der Waals surface area (Å²) >= 11 is 0. The molecular formula is C21H24N2O8. The van der Waals surface area contributed by atoms with Gasteiger partial charge in [0, 0.05) is 24.0 Å². The second kappa shape index (κ2) is 10.9. The number of para-hydroxylation sites is 1. The lowest BCUT2D eigenvalue weighted by Crippen LogP contribution is -2.32. The van der Waals surface area contributed by atoms with Crippen molar-refractivity contribution in [1.82, 2.24) is 4.90 Å². The molecule has 1 aromatic rings. The van der Waals surface area contributed by atoms with Gasteiger partial charge in [-0.25, -0.2) is 9.59 Å². The molecule has 1 N–H and O–H groups in total. The van der Waals surface area contributed by atoms with Crippen LogP contribution in [-0.4, -0.2) is 52.6 Å². The second-order valence-electron chi connectivity index (χ2n) is 6.76. The van der Waals surface area contributed by atoms with Crippen LogP contribution in [0.2, 0.25) is 0 Å². The number of nitro benzene ring substituents is 1. The number of nitrogens with zero attached hydrogens (tertiary/aromatic N) is 2. The Balaban J connectivity index is 2.66. The van der Waals surface area contributed by atoms with Gasteiger partial charge in [0.05, 0.1) is 35.2 Å². The van der Waals surface area contributed by atoms with Crippen molar-refractivity contribution in [2.45, 2.75) is 32.6 Å². The number of carbonyl (C=O) groups excluding carboxylic acids is 2. The number of hydrogen-bond donors (Lipinski definition) is 1. The molecule has 10 heteroatoms. The zero-order chi connectivity index (χ0) is 23.0. The molecule has 166 valence electrons. The van der Waals surface area contributed by atoms with Crippen LogP contribution >= 0.6 is 0 Å². The highest BCUT2D eigenvalue weighted by Gasteiger charge is 2.39. The van der Waals surface area contributed by atoms with Crippen LogP contribution in [0.5, 0.6) is 0 Å². The van der Waals surface area contributed by atoms with Crippen molar-refractivity contribution in [3.63, 3.8) is 0 Å². The van der Waals surface area contributed by atoms with Crippen LogP contribution in [0.15, 0.2) is 47.8 Å². The Morgan fingerprint density at radius 1 is 1.03 bits per heavy atom. The summed E-state index contributed by atoms with van der Waals surface area (Å²) in [6.45, 7) is 3.26. The van der Waals surface area contributed by atoms with Crippen molar-refractivity contribution in [2.24, 2.45) is 0 Å². The number of esters is 2. The van der Waals surface area contributed by atoms with E-state index in [1.165, 1.54) is 30.6 Å². The summed E-state index contributed by atoms with van der Waals surface area (Å²) in [7, 11) is 0. The van der Waals surface area contributed by atoms with Crippen molar-refractivity contribution >= 4 is 23.6 Å². The molecule has 0 bridgehead atoms. The molecule has 1 aliphatic rings. The second-order valence-corrected chi connectivity index (χ2v) is 6.76. The maximum atomic E-state index is 12.8. The van der Waals surface area contributed by atoms with Gasteiger partial charge in [0.25, 0.3) is 5.69 Å². The standard InChI is InChI=1S/C21H24N2O8/c1-3-9-30-20(26)15-11-22(13-18(24)25)12-16(21(27)31-10-4-2)19(15)14-7-5-6-8-17(14)23(28)29/h5-8,11-12,19H,3-4,9-10,13H2,1-2H3,(H,24,25). The minimum Gasteiger partial charge on any atom is -0.480 e. The van der Waals surface area contributed by atoms with Gasteiger partial charge in [-0.3, -0.25) is 14.9 Å². The van der Waals surface area contributed by atoms with Crippen LogP contribution in [0.25, 0.3) is 0 Å². The van der Waals surface area contributed by atoms with Crippen molar-refractivity contribution in [3.05, 3.63) is 63.5 Å². The molecule has 0 atom stereocenters. The lowest BCUT2D eigenvalue weighted by Gasteiger charge is -2.29. The van der Waals surface area contributed by atoms with E-state index in [4.69, 9.17) is 9.47 Å². The van der Waals surface area contributed by atoms with Gasteiger partial charge in [-0.1, -0.05) is 32.0 Å². The SMILES string of the molecule is CCCOC(=O)C1=CN(CC(=O)O)C=C(C(=O)OCCC)C1c1ccccc1[N+](=O)[O-]. The molecule has 0 radical (unpaired) electrons. The summed E-state index contributed by atoms with van der Waals surface area (Å²) in [6, 6.07) is 5.73. The maximum absolute atomic E-state index is 12.8. The fourth-order valence-corrected chi connectivity index (χ4v) is 3.09. The minimum absolute atomic E-state index is 0.0880. The molecule has 2 rings (SSSR count). The normalized spacial score (nSPS) is 13.8. The summed E-state index contributed by atoms with van der Waals surface area (Å²) < 4.78 is 10.4. The van der Waals surface area contributed by atoms with Gasteiger partial charge in [0.2, 0.25) is 0 Å². The quantitative estimate of drug-likeness (QED) is 0.336. The molecule has 0 saturated heterocycles. The Labute approximate surface area is 178 Å². The molecule has 31 heavy (non-hydrogen) atoms. The number of carboxylic acids is 1. The lowest BCUT2D eigenvalue weighted by molar-refractivity contribution is -0.385. The Kier molecular flexibility index (Phi) is 8.30. The number of nitro groups is 1. The van der Waals surface area contributed by atoms with E-state index in [9.17, 15) is 29.6 Å². The van der Waals surface area contributed by atoms with E-state index in [-0.39, 0.29) is 35.6 Å². The van der Waals surface area contributed by atoms with Crippen LogP contribution in [0.4, 0.5) is 5.69 Å². The number of benzene rings is 1. The molecule has 1 aliphatic heterocycles. The van der Waals surface area contributed by atoms with E-state index in [2.05, 4.69) is 0 Å². The number of carbonyl (C=O) groups is 3. The smallest absolute Gasteiger partial charge is 0.336 e. The first-order valence-corrected chi connectivity index (χ1v) is 9.78. The van der Waals surface area contributed by atoms with Gasteiger partial charge >= 0.3 is 17.9 Å². The molecule has 0 spiro atoms. The van der Waals surface area contributed by atoms with Gasteiger partial charge in [-0.15, -0.1) is 0 Å². The summed E-state index contributed by atoms with van der Waals surface area (Å²) in [5.74, 6) is -3.94. The predicted octanol–water partition coefficient (Wildman–Crippen LogP) is 2.75. The number of aliphatic carboxylic acids is 1. The van der Waals surface area contributed by atoms with Crippen LogP contribution < -0.4 is 0 Å². The maximum Gasteiger partial charge on any atom is 0.336 e. The molecule has 1 heterocycles. The summed E-state index contributed by atoms with van der Waals surface area (Å²) in [5, 5.41) is 20.8. The van der Waals surface area contributed by atoms with E-state index >= 15 is 0 Å². The largest absolute Gasteiger partial charge is 0.480 e. The summed E-state index contributed by atoms with van der Waals surface area (Å²) in [6.07, 6.45) is 3.55. The van der Waals surface area contributed by atoms with Crippen molar-refractivity contribution in [3.8, 4) is 0 Å². The van der Waals surface area contributed by atoms with E-state index < -0.39 is 35.3 Å². The monoisotopic (exact) mass is 432 g/mol. The van der Waals surface area contributed by atoms with E-state index in [1.807, 2.05) is 0 Å². The number of rotatable bonds is 10. The van der Waals surface area contributed by atoms with Gasteiger partial charge in [-0.05, 0) is 12.8 Å². The first-order chi connectivity index (χ1) is 14.8. The van der Waals surface area contributed by atoms with Crippen LogP contribution in [0.3, 0.4) is 0 Å². The van der Waals surface area contributed by atoms with Crippen molar-refractivity contribution < 1.29 is 33.9 Å². The van der Waals surface area contributed by atoms with Crippen LogP contribution in [-0.2, 0) is 23.9 Å². The molecule has 0 saturated carbocycles. The Morgan fingerprint density at radius 3 is 2.00 bits per heavy atom. The first kappa shape index (κ1) is 23.6. The number of hydrogen-bond acceptors (Lipinski definition) is 8. The lowest BCUT2D eigenvalue weighted by atomic mass is 9.82. The Morgan fingerprint density at radius 2 is 1.55 bits per heavy atom. The fourth-order valence-electron chi connectivity index (χ4n) is 3.09. The molecular weight excluding hydrogens is 408 g/mol. The van der Waals surface area contributed by atoms with Gasteiger partial charge in [0.15, 0.2) is 0 Å². The zero-order valence-electron chi connectivity index (χ0n) is 17.3. The van der Waals surface area contributed by atoms with Crippen molar-refractivity contribution in [2.75, 3.05) is 19.8 Å². The zero-order valence-corrected chi connectivity index (χ0v) is 17.3. The number of carboxylic acid groups (broad SMARTS) is 1. The Bertz CT molecular complexity index is 884. The molecule has 10 nitrogen and oxygen atoms in total. The van der Waals surface area contributed by atoms with Crippen LogP contribution in [0, 0.1) is 10.1 Å². The van der Waals surface area contributed by atoms with E-state index in [1.54, 1.807) is 19.9 Å². The van der Waals surface area contributed by atoms with E-state index in [0.717, 1.165) is 4.90 Å². The third-order valence-corrected chi connectivity index (χ3v) is 4.34. The molecule has 1 aromatic carbocycles. The molecule has 0 unspecified atom stereocenters. The Hall–Kier alpha value is -3.69. The third-order valence-electron chi connectivity index (χ3n) is 4.34. The van der Waals surface area contributed by atoms with Gasteiger partial charge < -0.3 is 19.5 Å². The summed E-state index contributed by atoms with van der Waals surface area (Å²) in [4.78, 5) is 49.0. The number of ether oxygens (including phenoxy) is 2. The molecule has 0 fully saturated rings. The van der Waals surface area contributed by atoms with Gasteiger partial charge in [-0.2, -0.15) is 0 Å². The average Bonchev–Trinajstić information content (AvgIpc) is 2.74. The summed E-state index contributed by atoms with van der Waals surface area (Å²) in [5.41, 5.74) is -0.366. The van der Waals surface area contributed by atoms with Gasteiger partial charge in [0.1, 0.15) is 6.54 Å². The predicted molar refractivity (Wildman–Crippen MR) is 109 cm³/mol. The average molecular weight is 432 g/mol. The van der Waals surface area contributed by atoms with Crippen LogP contribution in [0.1, 0.15) is 38.2 Å². The van der Waals surface area contributed by atoms with Crippen molar-refractivity contribution in [1.29, 1.82) is 0 Å². The highest BCUT2D eigenvalue weighted by atomic mass is 16.6.